The average molecular weight is 250 g/mol. The highest BCUT2D eigenvalue weighted by molar-refractivity contribution is 5.88. The molecule has 1 aromatic carbocycles. The Morgan fingerprint density at radius 2 is 2.00 bits per heavy atom. The predicted molar refractivity (Wildman–Crippen MR) is 58.7 cm³/mol. The van der Waals surface area contributed by atoms with Crippen LogP contribution in [0.1, 0.15) is 10.5 Å². The molecule has 18 heavy (non-hydrogen) atoms. The highest BCUT2D eigenvalue weighted by Gasteiger charge is 2.12. The van der Waals surface area contributed by atoms with Gasteiger partial charge < -0.3 is 4.74 Å². The number of ether oxygens (including phenoxy) is 1. The van der Waals surface area contributed by atoms with Gasteiger partial charge in [-0.25, -0.2) is 23.5 Å². The molecule has 0 N–H and O–H groups in total. The van der Waals surface area contributed by atoms with Crippen molar-refractivity contribution in [3.63, 3.8) is 0 Å². The van der Waals surface area contributed by atoms with Crippen LogP contribution in [0.2, 0.25) is 0 Å². The minimum Gasteiger partial charge on any atom is -0.464 e. The molecule has 0 aliphatic heterocycles. The Hall–Kier alpha value is -2.37. The third-order valence-electron chi connectivity index (χ3n) is 2.27. The average Bonchev–Trinajstić information content (AvgIpc) is 2.38. The summed E-state index contributed by atoms with van der Waals surface area (Å²) in [5.74, 6) is -2.09. The van der Waals surface area contributed by atoms with Crippen molar-refractivity contribution < 1.29 is 18.3 Å². The maximum absolute atomic E-state index is 13.5. The SMILES string of the molecule is COC(=O)c1cc(-c2ccc(F)cc2F)ncn1. The summed E-state index contributed by atoms with van der Waals surface area (Å²) in [6.45, 7) is 0. The topological polar surface area (TPSA) is 52.1 Å². The molecule has 1 aromatic heterocycles. The number of carbonyl (C=O) groups excluding carboxylic acids is 1. The molecule has 92 valence electrons. The van der Waals surface area contributed by atoms with E-state index in [1.165, 1.54) is 19.2 Å². The fraction of sp³-hybridized carbons (Fsp3) is 0.0833. The normalized spacial score (nSPS) is 10.2. The molecule has 2 rings (SSSR count). The van der Waals surface area contributed by atoms with Gasteiger partial charge in [0.25, 0.3) is 0 Å². The van der Waals surface area contributed by atoms with Gasteiger partial charge in [0.15, 0.2) is 5.69 Å². The second-order valence-electron chi connectivity index (χ2n) is 3.40. The summed E-state index contributed by atoms with van der Waals surface area (Å²) in [5.41, 5.74) is 0.276. The smallest absolute Gasteiger partial charge is 0.356 e. The number of methoxy groups -OCH3 is 1. The monoisotopic (exact) mass is 250 g/mol. The van der Waals surface area contributed by atoms with Crippen molar-refractivity contribution in [1.82, 2.24) is 9.97 Å². The van der Waals surface area contributed by atoms with Crippen molar-refractivity contribution in [2.75, 3.05) is 7.11 Å². The molecule has 0 amide bonds. The van der Waals surface area contributed by atoms with E-state index in [1.54, 1.807) is 0 Å². The van der Waals surface area contributed by atoms with Gasteiger partial charge in [-0.2, -0.15) is 0 Å². The van der Waals surface area contributed by atoms with Crippen molar-refractivity contribution in [3.05, 3.63) is 47.9 Å². The standard InChI is InChI=1S/C12H8F2N2O2/c1-18-12(17)11-5-10(15-6-16-11)8-3-2-7(13)4-9(8)14/h2-6H,1H3. The largest absolute Gasteiger partial charge is 0.464 e. The van der Waals surface area contributed by atoms with Gasteiger partial charge >= 0.3 is 5.97 Å². The molecule has 6 heteroatoms. The molecule has 1 heterocycles. The van der Waals surface area contributed by atoms with Crippen LogP contribution in [0.15, 0.2) is 30.6 Å². The fourth-order valence-electron chi connectivity index (χ4n) is 1.42. The first-order chi connectivity index (χ1) is 8.61. The number of benzene rings is 1. The quantitative estimate of drug-likeness (QED) is 0.767. The minimum absolute atomic E-state index is 0.00576. The van der Waals surface area contributed by atoms with E-state index >= 15 is 0 Å². The third kappa shape index (κ3) is 2.32. The highest BCUT2D eigenvalue weighted by atomic mass is 19.1. The number of nitrogens with zero attached hydrogens (tertiary/aromatic N) is 2. The molecule has 0 bridgehead atoms. The van der Waals surface area contributed by atoms with Gasteiger partial charge in [0.2, 0.25) is 0 Å². The zero-order valence-electron chi connectivity index (χ0n) is 9.35. The van der Waals surface area contributed by atoms with Crippen molar-refractivity contribution in [3.8, 4) is 11.3 Å². The van der Waals surface area contributed by atoms with Gasteiger partial charge in [-0.05, 0) is 18.2 Å². The van der Waals surface area contributed by atoms with Gasteiger partial charge in [0.1, 0.15) is 18.0 Å². The Bertz CT molecular complexity index is 602. The molecule has 0 aliphatic rings. The van der Waals surface area contributed by atoms with Crippen molar-refractivity contribution >= 4 is 5.97 Å². The van der Waals surface area contributed by atoms with E-state index in [1.807, 2.05) is 0 Å². The Morgan fingerprint density at radius 1 is 1.22 bits per heavy atom. The first-order valence-corrected chi connectivity index (χ1v) is 4.97. The van der Waals surface area contributed by atoms with Crippen LogP contribution in [0, 0.1) is 11.6 Å². The number of hydrogen-bond acceptors (Lipinski definition) is 4. The number of hydrogen-bond donors (Lipinski definition) is 0. The molecule has 0 radical (unpaired) electrons. The van der Waals surface area contributed by atoms with Gasteiger partial charge in [-0.15, -0.1) is 0 Å². The molecule has 0 spiro atoms. The lowest BCUT2D eigenvalue weighted by molar-refractivity contribution is 0.0594. The van der Waals surface area contributed by atoms with Crippen LogP contribution >= 0.6 is 0 Å². The number of esters is 1. The molecule has 0 fully saturated rings. The molecule has 0 saturated carbocycles. The van der Waals surface area contributed by atoms with E-state index in [0.717, 1.165) is 18.5 Å². The van der Waals surface area contributed by atoms with E-state index in [4.69, 9.17) is 0 Å². The van der Waals surface area contributed by atoms with E-state index in [9.17, 15) is 13.6 Å². The predicted octanol–water partition coefficient (Wildman–Crippen LogP) is 2.21. The zero-order chi connectivity index (χ0) is 13.1. The van der Waals surface area contributed by atoms with Crippen LogP contribution < -0.4 is 0 Å². The molecular formula is C12H8F2N2O2. The highest BCUT2D eigenvalue weighted by Crippen LogP contribution is 2.21. The summed E-state index contributed by atoms with van der Waals surface area (Å²) in [7, 11) is 1.21. The number of halogens is 2. The summed E-state index contributed by atoms with van der Waals surface area (Å²) < 4.78 is 30.8. The molecule has 0 aliphatic carbocycles. The van der Waals surface area contributed by atoms with Crippen molar-refractivity contribution in [1.29, 1.82) is 0 Å². The van der Waals surface area contributed by atoms with Gasteiger partial charge in [0, 0.05) is 11.6 Å². The van der Waals surface area contributed by atoms with E-state index in [0.29, 0.717) is 0 Å². The molecule has 0 unspecified atom stereocenters. The Labute approximate surface area is 101 Å². The summed E-state index contributed by atoms with van der Waals surface area (Å²) in [6.07, 6.45) is 1.12. The van der Waals surface area contributed by atoms with E-state index in [-0.39, 0.29) is 17.0 Å². The lowest BCUT2D eigenvalue weighted by Crippen LogP contribution is -2.05. The van der Waals surface area contributed by atoms with Crippen LogP contribution in [0.25, 0.3) is 11.3 Å². The lowest BCUT2D eigenvalue weighted by atomic mass is 10.1. The van der Waals surface area contributed by atoms with E-state index in [2.05, 4.69) is 14.7 Å². The van der Waals surface area contributed by atoms with Crippen LogP contribution in [0.3, 0.4) is 0 Å². The lowest BCUT2D eigenvalue weighted by Gasteiger charge is -2.04. The Balaban J connectivity index is 2.48. The first-order valence-electron chi connectivity index (χ1n) is 4.97. The fourth-order valence-corrected chi connectivity index (χ4v) is 1.42. The van der Waals surface area contributed by atoms with Crippen LogP contribution in [0.5, 0.6) is 0 Å². The summed E-state index contributed by atoms with van der Waals surface area (Å²) in [4.78, 5) is 18.8. The van der Waals surface area contributed by atoms with Gasteiger partial charge in [-0.3, -0.25) is 0 Å². The molecule has 2 aromatic rings. The number of aromatic nitrogens is 2. The van der Waals surface area contributed by atoms with Crippen LogP contribution in [-0.2, 0) is 4.74 Å². The summed E-state index contributed by atoms with van der Waals surface area (Å²) in [6, 6.07) is 4.38. The maximum atomic E-state index is 13.5. The molecule has 4 nitrogen and oxygen atoms in total. The number of carbonyl (C=O) groups is 1. The number of rotatable bonds is 2. The summed E-state index contributed by atoms with van der Waals surface area (Å²) in [5, 5.41) is 0. The zero-order valence-corrected chi connectivity index (χ0v) is 9.35. The second kappa shape index (κ2) is 4.87. The third-order valence-corrected chi connectivity index (χ3v) is 2.27. The first kappa shape index (κ1) is 12.1. The second-order valence-corrected chi connectivity index (χ2v) is 3.40. The Morgan fingerprint density at radius 3 is 2.67 bits per heavy atom. The van der Waals surface area contributed by atoms with Crippen LogP contribution in [-0.4, -0.2) is 23.0 Å². The van der Waals surface area contributed by atoms with Crippen molar-refractivity contribution in [2.45, 2.75) is 0 Å². The summed E-state index contributed by atoms with van der Waals surface area (Å²) >= 11 is 0. The molecule has 0 atom stereocenters. The van der Waals surface area contributed by atoms with Crippen LogP contribution in [0.4, 0.5) is 8.78 Å². The molecular weight excluding hydrogens is 242 g/mol. The van der Waals surface area contributed by atoms with Crippen molar-refractivity contribution in [2.24, 2.45) is 0 Å². The van der Waals surface area contributed by atoms with Gasteiger partial charge in [-0.1, -0.05) is 0 Å². The van der Waals surface area contributed by atoms with E-state index < -0.39 is 17.6 Å². The Kier molecular flexibility index (Phi) is 3.27. The minimum atomic E-state index is -0.760. The van der Waals surface area contributed by atoms with Gasteiger partial charge in [0.05, 0.1) is 12.8 Å². The molecule has 0 saturated heterocycles. The maximum Gasteiger partial charge on any atom is 0.356 e.